The number of aliphatic carboxylic acids is 1. The van der Waals surface area contributed by atoms with Crippen molar-refractivity contribution in [3.05, 3.63) is 60.1 Å². The molecule has 1 N–H and O–H groups in total. The molecule has 3 nitrogen and oxygen atoms in total. The van der Waals surface area contributed by atoms with Crippen molar-refractivity contribution in [2.75, 3.05) is 0 Å². The summed E-state index contributed by atoms with van der Waals surface area (Å²) in [5, 5.41) is 9.73. The molecule has 2 aromatic carbocycles. The van der Waals surface area contributed by atoms with Crippen molar-refractivity contribution in [2.45, 2.75) is 6.42 Å². The third kappa shape index (κ3) is 2.16. The highest BCUT2D eigenvalue weighted by molar-refractivity contribution is 5.96. The van der Waals surface area contributed by atoms with Crippen LogP contribution in [0.5, 0.6) is 0 Å². The molecule has 0 fully saturated rings. The van der Waals surface area contributed by atoms with Crippen molar-refractivity contribution in [1.29, 1.82) is 0 Å². The Morgan fingerprint density at radius 2 is 1.90 bits per heavy atom. The molecule has 4 heteroatoms. The van der Waals surface area contributed by atoms with Crippen molar-refractivity contribution >= 4 is 16.9 Å². The fourth-order valence-electron chi connectivity index (χ4n) is 2.27. The Bertz CT molecular complexity index is 772. The largest absolute Gasteiger partial charge is 0.481 e. The number of rotatable bonds is 3. The molecule has 0 aliphatic carbocycles. The number of furan rings is 1. The molecule has 0 unspecified atom stereocenters. The molecule has 0 bridgehead atoms. The van der Waals surface area contributed by atoms with Crippen molar-refractivity contribution in [2.24, 2.45) is 0 Å². The second-order valence-electron chi connectivity index (χ2n) is 4.52. The zero-order chi connectivity index (χ0) is 14.1. The highest BCUT2D eigenvalue weighted by Gasteiger charge is 2.13. The van der Waals surface area contributed by atoms with E-state index in [1.165, 1.54) is 12.1 Å². The first-order valence-electron chi connectivity index (χ1n) is 6.12. The SMILES string of the molecule is O=C(O)Cc1cccc2c(-c3ccc(F)cc3)coc12. The van der Waals surface area contributed by atoms with E-state index in [-0.39, 0.29) is 12.2 Å². The summed E-state index contributed by atoms with van der Waals surface area (Å²) >= 11 is 0. The Hall–Kier alpha value is -2.62. The van der Waals surface area contributed by atoms with E-state index >= 15 is 0 Å². The van der Waals surface area contributed by atoms with Crippen LogP contribution in [0.1, 0.15) is 5.56 Å². The minimum absolute atomic E-state index is 0.0896. The van der Waals surface area contributed by atoms with Crippen LogP contribution in [0.3, 0.4) is 0 Å². The maximum absolute atomic E-state index is 13.0. The van der Waals surface area contributed by atoms with E-state index in [0.29, 0.717) is 11.1 Å². The zero-order valence-electron chi connectivity index (χ0n) is 10.5. The summed E-state index contributed by atoms with van der Waals surface area (Å²) in [6.45, 7) is 0. The molecule has 0 saturated carbocycles. The number of halogens is 1. The topological polar surface area (TPSA) is 50.4 Å². The Morgan fingerprint density at radius 1 is 1.15 bits per heavy atom. The normalized spacial score (nSPS) is 10.8. The van der Waals surface area contributed by atoms with Crippen LogP contribution in [0.2, 0.25) is 0 Å². The van der Waals surface area contributed by atoms with Gasteiger partial charge in [-0.3, -0.25) is 4.79 Å². The number of hydrogen-bond donors (Lipinski definition) is 1. The first-order valence-corrected chi connectivity index (χ1v) is 6.12. The molecule has 0 aliphatic rings. The molecule has 0 atom stereocenters. The Labute approximate surface area is 114 Å². The minimum Gasteiger partial charge on any atom is -0.481 e. The van der Waals surface area contributed by atoms with Gasteiger partial charge in [-0.1, -0.05) is 30.3 Å². The van der Waals surface area contributed by atoms with Crippen LogP contribution in [0, 0.1) is 5.82 Å². The predicted octanol–water partition coefficient (Wildman–Crippen LogP) is 3.87. The van der Waals surface area contributed by atoms with E-state index in [9.17, 15) is 9.18 Å². The summed E-state index contributed by atoms with van der Waals surface area (Å²) < 4.78 is 18.5. The van der Waals surface area contributed by atoms with Crippen molar-refractivity contribution in [1.82, 2.24) is 0 Å². The Morgan fingerprint density at radius 3 is 2.60 bits per heavy atom. The third-order valence-electron chi connectivity index (χ3n) is 3.18. The Kier molecular flexibility index (Phi) is 2.99. The highest BCUT2D eigenvalue weighted by Crippen LogP contribution is 2.32. The second-order valence-corrected chi connectivity index (χ2v) is 4.52. The van der Waals surface area contributed by atoms with Crippen LogP contribution in [0.4, 0.5) is 4.39 Å². The summed E-state index contributed by atoms with van der Waals surface area (Å²) in [7, 11) is 0. The molecule has 0 saturated heterocycles. The van der Waals surface area contributed by atoms with Gasteiger partial charge in [-0.2, -0.15) is 0 Å². The van der Waals surface area contributed by atoms with Crippen molar-refractivity contribution < 1.29 is 18.7 Å². The summed E-state index contributed by atoms with van der Waals surface area (Å²) in [5.74, 6) is -1.20. The van der Waals surface area contributed by atoms with Gasteiger partial charge >= 0.3 is 5.97 Å². The quantitative estimate of drug-likeness (QED) is 0.786. The maximum Gasteiger partial charge on any atom is 0.307 e. The number of para-hydroxylation sites is 1. The van der Waals surface area contributed by atoms with E-state index in [4.69, 9.17) is 9.52 Å². The van der Waals surface area contributed by atoms with Crippen LogP contribution >= 0.6 is 0 Å². The second kappa shape index (κ2) is 4.81. The standard InChI is InChI=1S/C16H11FO3/c17-12-6-4-10(5-7-12)14-9-20-16-11(8-15(18)19)2-1-3-13(14)16/h1-7,9H,8H2,(H,18,19). The molecule has 1 aromatic heterocycles. The van der Waals surface area contributed by atoms with Crippen LogP contribution in [0.15, 0.2) is 53.1 Å². The van der Waals surface area contributed by atoms with Gasteiger partial charge in [-0.25, -0.2) is 4.39 Å². The molecule has 1 heterocycles. The summed E-state index contributed by atoms with van der Waals surface area (Å²) in [5.41, 5.74) is 2.85. The van der Waals surface area contributed by atoms with E-state index in [2.05, 4.69) is 0 Å². The van der Waals surface area contributed by atoms with Gasteiger partial charge in [0.1, 0.15) is 11.4 Å². The van der Waals surface area contributed by atoms with Gasteiger partial charge in [-0.15, -0.1) is 0 Å². The van der Waals surface area contributed by atoms with Gasteiger partial charge in [0.25, 0.3) is 0 Å². The lowest BCUT2D eigenvalue weighted by Gasteiger charge is -2.00. The number of carbonyl (C=O) groups is 1. The van der Waals surface area contributed by atoms with Crippen molar-refractivity contribution in [3.63, 3.8) is 0 Å². The lowest BCUT2D eigenvalue weighted by Crippen LogP contribution is -1.99. The van der Waals surface area contributed by atoms with Crippen molar-refractivity contribution in [3.8, 4) is 11.1 Å². The number of fused-ring (bicyclic) bond motifs is 1. The molecule has 0 amide bonds. The van der Waals surface area contributed by atoms with E-state index in [0.717, 1.165) is 16.5 Å². The lowest BCUT2D eigenvalue weighted by atomic mass is 10.0. The first-order chi connectivity index (χ1) is 9.65. The number of benzene rings is 2. The van der Waals surface area contributed by atoms with Gasteiger partial charge in [0.05, 0.1) is 12.7 Å². The molecular weight excluding hydrogens is 259 g/mol. The zero-order valence-corrected chi connectivity index (χ0v) is 10.5. The third-order valence-corrected chi connectivity index (χ3v) is 3.18. The maximum atomic E-state index is 13.0. The highest BCUT2D eigenvalue weighted by atomic mass is 19.1. The van der Waals surface area contributed by atoms with Crippen LogP contribution in [-0.2, 0) is 11.2 Å². The average molecular weight is 270 g/mol. The molecule has 20 heavy (non-hydrogen) atoms. The fraction of sp³-hybridized carbons (Fsp3) is 0.0625. The monoisotopic (exact) mass is 270 g/mol. The van der Waals surface area contributed by atoms with Gasteiger partial charge in [-0.05, 0) is 17.7 Å². The van der Waals surface area contributed by atoms with Gasteiger partial charge in [0.2, 0.25) is 0 Å². The van der Waals surface area contributed by atoms with Crippen LogP contribution in [0.25, 0.3) is 22.1 Å². The van der Waals surface area contributed by atoms with Crippen LogP contribution in [-0.4, -0.2) is 11.1 Å². The molecular formula is C16H11FO3. The summed E-state index contributed by atoms with van der Waals surface area (Å²) in [4.78, 5) is 10.8. The molecule has 100 valence electrons. The van der Waals surface area contributed by atoms with Gasteiger partial charge < -0.3 is 9.52 Å². The average Bonchev–Trinajstić information content (AvgIpc) is 2.84. The van der Waals surface area contributed by atoms with Crippen LogP contribution < -0.4 is 0 Å². The molecule has 0 aliphatic heterocycles. The van der Waals surface area contributed by atoms with Gasteiger partial charge in [0, 0.05) is 16.5 Å². The first kappa shape index (κ1) is 12.4. The fourth-order valence-corrected chi connectivity index (χ4v) is 2.27. The Balaban J connectivity index is 2.14. The van der Waals surface area contributed by atoms with Gasteiger partial charge in [0.15, 0.2) is 0 Å². The molecule has 3 aromatic rings. The number of hydrogen-bond acceptors (Lipinski definition) is 2. The summed E-state index contributed by atoms with van der Waals surface area (Å²) in [6.07, 6.45) is 1.48. The lowest BCUT2D eigenvalue weighted by molar-refractivity contribution is -0.136. The minimum atomic E-state index is -0.905. The number of carboxylic acids is 1. The summed E-state index contributed by atoms with van der Waals surface area (Å²) in [6, 6.07) is 11.5. The molecule has 3 rings (SSSR count). The number of carboxylic acid groups (broad SMARTS) is 1. The molecule has 0 radical (unpaired) electrons. The smallest absolute Gasteiger partial charge is 0.307 e. The van der Waals surface area contributed by atoms with E-state index in [1.807, 2.05) is 6.07 Å². The van der Waals surface area contributed by atoms with E-state index < -0.39 is 5.97 Å². The van der Waals surface area contributed by atoms with E-state index in [1.54, 1.807) is 30.5 Å². The molecule has 0 spiro atoms. The predicted molar refractivity (Wildman–Crippen MR) is 72.9 cm³/mol.